The number of rotatable bonds is 7. The molecule has 4 aromatic rings. The highest BCUT2D eigenvalue weighted by Crippen LogP contribution is 2.32. The van der Waals surface area contributed by atoms with Gasteiger partial charge in [-0.3, -0.25) is 9.55 Å². The maximum Gasteiger partial charge on any atom is 0.196 e. The van der Waals surface area contributed by atoms with Crippen molar-refractivity contribution in [3.63, 3.8) is 0 Å². The summed E-state index contributed by atoms with van der Waals surface area (Å²) in [6, 6.07) is 17.2. The molecule has 0 spiro atoms. The van der Waals surface area contributed by atoms with E-state index in [1.807, 2.05) is 60.0 Å². The fraction of sp³-hybridized carbons (Fsp3) is 0.136. The Morgan fingerprint density at radius 2 is 1.87 bits per heavy atom. The molecule has 2 aromatic heterocycles. The van der Waals surface area contributed by atoms with E-state index in [0.717, 1.165) is 33.5 Å². The van der Waals surface area contributed by atoms with Gasteiger partial charge in [-0.1, -0.05) is 41.0 Å². The molecule has 0 saturated carbocycles. The van der Waals surface area contributed by atoms with Gasteiger partial charge >= 0.3 is 0 Å². The number of nitrogens with zero attached hydrogens (tertiary/aromatic N) is 4. The molecule has 0 N–H and O–H groups in total. The number of ether oxygens (including phenoxy) is 1. The van der Waals surface area contributed by atoms with E-state index in [4.69, 9.17) is 27.9 Å². The molecule has 0 bridgehead atoms. The van der Waals surface area contributed by atoms with E-state index in [1.54, 1.807) is 30.2 Å². The van der Waals surface area contributed by atoms with Crippen LogP contribution in [0.3, 0.4) is 0 Å². The van der Waals surface area contributed by atoms with Gasteiger partial charge in [0, 0.05) is 39.4 Å². The molecule has 2 heterocycles. The first-order valence-corrected chi connectivity index (χ1v) is 11.1. The highest BCUT2D eigenvalue weighted by Gasteiger charge is 2.17. The maximum absolute atomic E-state index is 6.34. The summed E-state index contributed by atoms with van der Waals surface area (Å²) >= 11 is 13.9. The zero-order valence-corrected chi connectivity index (χ0v) is 18.5. The van der Waals surface area contributed by atoms with Crippen LogP contribution in [-0.2, 0) is 5.75 Å². The second kappa shape index (κ2) is 9.51. The largest absolute Gasteiger partial charge is 0.494 e. The van der Waals surface area contributed by atoms with Crippen molar-refractivity contribution in [1.82, 2.24) is 19.7 Å². The Kier molecular flexibility index (Phi) is 6.57. The van der Waals surface area contributed by atoms with Gasteiger partial charge in [-0.25, -0.2) is 0 Å². The lowest BCUT2D eigenvalue weighted by Crippen LogP contribution is -2.00. The zero-order valence-electron chi connectivity index (χ0n) is 16.1. The molecule has 0 saturated heterocycles. The molecule has 30 heavy (non-hydrogen) atoms. The van der Waals surface area contributed by atoms with Crippen LogP contribution in [-0.4, -0.2) is 26.4 Å². The van der Waals surface area contributed by atoms with Crippen LogP contribution >= 0.6 is 35.0 Å². The van der Waals surface area contributed by atoms with Gasteiger partial charge in [0.1, 0.15) is 5.75 Å². The highest BCUT2D eigenvalue weighted by molar-refractivity contribution is 7.98. The minimum Gasteiger partial charge on any atom is -0.494 e. The lowest BCUT2D eigenvalue weighted by atomic mass is 10.2. The van der Waals surface area contributed by atoms with E-state index in [0.29, 0.717) is 22.4 Å². The van der Waals surface area contributed by atoms with Gasteiger partial charge in [0.15, 0.2) is 11.0 Å². The van der Waals surface area contributed by atoms with E-state index in [1.165, 1.54) is 0 Å². The SMILES string of the molecule is CCOc1ccc(-n2c(SCc3ccc(Cl)cc3Cl)nnc2-c2cccnc2)cc1. The molecule has 152 valence electrons. The number of aromatic nitrogens is 4. The fourth-order valence-corrected chi connectivity index (χ4v) is 4.43. The molecule has 2 aromatic carbocycles. The Hall–Kier alpha value is -2.54. The Bertz CT molecular complexity index is 1130. The summed E-state index contributed by atoms with van der Waals surface area (Å²) in [6.45, 7) is 2.58. The second-order valence-corrected chi connectivity index (χ2v) is 8.12. The molecule has 4 rings (SSSR count). The summed E-state index contributed by atoms with van der Waals surface area (Å²) in [5, 5.41) is 10.9. The summed E-state index contributed by atoms with van der Waals surface area (Å²) in [7, 11) is 0. The zero-order chi connectivity index (χ0) is 20.9. The smallest absolute Gasteiger partial charge is 0.196 e. The first-order chi connectivity index (χ1) is 14.7. The van der Waals surface area contributed by atoms with Crippen LogP contribution in [0, 0.1) is 0 Å². The van der Waals surface area contributed by atoms with Crippen molar-refractivity contribution in [2.75, 3.05) is 6.61 Å². The molecule has 0 aliphatic rings. The third-order valence-electron chi connectivity index (χ3n) is 4.33. The number of halogens is 2. The van der Waals surface area contributed by atoms with Crippen LogP contribution in [0.25, 0.3) is 17.1 Å². The Balaban J connectivity index is 1.70. The number of thioether (sulfide) groups is 1. The molecular formula is C22H18Cl2N4OS. The molecular weight excluding hydrogens is 439 g/mol. The summed E-state index contributed by atoms with van der Waals surface area (Å²) in [5.41, 5.74) is 2.80. The van der Waals surface area contributed by atoms with Crippen molar-refractivity contribution in [3.05, 3.63) is 82.6 Å². The lowest BCUT2D eigenvalue weighted by Gasteiger charge is -2.12. The molecule has 8 heteroatoms. The van der Waals surface area contributed by atoms with Crippen molar-refractivity contribution >= 4 is 35.0 Å². The van der Waals surface area contributed by atoms with Gasteiger partial charge in [0.2, 0.25) is 0 Å². The number of hydrogen-bond acceptors (Lipinski definition) is 5. The summed E-state index contributed by atoms with van der Waals surface area (Å²) in [4.78, 5) is 4.22. The highest BCUT2D eigenvalue weighted by atomic mass is 35.5. The van der Waals surface area contributed by atoms with Gasteiger partial charge in [-0.15, -0.1) is 10.2 Å². The first-order valence-electron chi connectivity index (χ1n) is 9.31. The normalized spacial score (nSPS) is 10.9. The van der Waals surface area contributed by atoms with Crippen LogP contribution in [0.2, 0.25) is 10.0 Å². The van der Waals surface area contributed by atoms with Gasteiger partial charge in [0.05, 0.1) is 6.61 Å². The van der Waals surface area contributed by atoms with E-state index in [2.05, 4.69) is 15.2 Å². The molecule has 0 amide bonds. The second-order valence-electron chi connectivity index (χ2n) is 6.33. The van der Waals surface area contributed by atoms with Crippen LogP contribution in [0.5, 0.6) is 5.75 Å². The average Bonchev–Trinajstić information content (AvgIpc) is 3.18. The number of hydrogen-bond donors (Lipinski definition) is 0. The third kappa shape index (κ3) is 4.61. The monoisotopic (exact) mass is 456 g/mol. The molecule has 0 unspecified atom stereocenters. The fourth-order valence-electron chi connectivity index (χ4n) is 2.92. The van der Waals surface area contributed by atoms with E-state index >= 15 is 0 Å². The van der Waals surface area contributed by atoms with Crippen molar-refractivity contribution in [1.29, 1.82) is 0 Å². The van der Waals surface area contributed by atoms with Crippen molar-refractivity contribution in [3.8, 4) is 22.8 Å². The predicted octanol–water partition coefficient (Wildman–Crippen LogP) is 6.33. The maximum atomic E-state index is 6.34. The van der Waals surface area contributed by atoms with Crippen molar-refractivity contribution in [2.45, 2.75) is 17.8 Å². The summed E-state index contributed by atoms with van der Waals surface area (Å²) < 4.78 is 7.59. The minimum atomic E-state index is 0.616. The molecule has 0 radical (unpaired) electrons. The van der Waals surface area contributed by atoms with Gasteiger partial charge in [-0.05, 0) is 61.0 Å². The van der Waals surface area contributed by atoms with Crippen LogP contribution in [0.15, 0.2) is 72.1 Å². The van der Waals surface area contributed by atoms with E-state index in [9.17, 15) is 0 Å². The topological polar surface area (TPSA) is 52.8 Å². The molecule has 5 nitrogen and oxygen atoms in total. The Morgan fingerprint density at radius 3 is 2.57 bits per heavy atom. The predicted molar refractivity (Wildman–Crippen MR) is 122 cm³/mol. The summed E-state index contributed by atoms with van der Waals surface area (Å²) in [5.74, 6) is 2.18. The van der Waals surface area contributed by atoms with Gasteiger partial charge in [-0.2, -0.15) is 0 Å². The molecule has 0 atom stereocenters. The number of benzene rings is 2. The van der Waals surface area contributed by atoms with E-state index in [-0.39, 0.29) is 0 Å². The average molecular weight is 457 g/mol. The molecule has 0 fully saturated rings. The van der Waals surface area contributed by atoms with E-state index < -0.39 is 0 Å². The molecule has 0 aliphatic heterocycles. The van der Waals surface area contributed by atoms with Crippen molar-refractivity contribution in [2.24, 2.45) is 0 Å². The third-order valence-corrected chi connectivity index (χ3v) is 5.90. The summed E-state index contributed by atoms with van der Waals surface area (Å²) in [6.07, 6.45) is 3.51. The standard InChI is InChI=1S/C22H18Cl2N4OS/c1-2-29-19-9-7-18(8-10-19)28-21(15-4-3-11-25-13-15)26-27-22(28)30-14-16-5-6-17(23)12-20(16)24/h3-13H,2,14H2,1H3. The number of pyridine rings is 1. The lowest BCUT2D eigenvalue weighted by molar-refractivity contribution is 0.340. The quantitative estimate of drug-likeness (QED) is 0.304. The van der Waals surface area contributed by atoms with Gasteiger partial charge in [0.25, 0.3) is 0 Å². The Morgan fingerprint density at radius 1 is 1.03 bits per heavy atom. The first kappa shape index (κ1) is 20.7. The van der Waals surface area contributed by atoms with Crippen molar-refractivity contribution < 1.29 is 4.74 Å². The Labute approximate surface area is 189 Å². The van der Waals surface area contributed by atoms with Crippen LogP contribution < -0.4 is 4.74 Å². The van der Waals surface area contributed by atoms with Gasteiger partial charge < -0.3 is 4.74 Å². The molecule has 0 aliphatic carbocycles. The minimum absolute atomic E-state index is 0.616. The van der Waals surface area contributed by atoms with Crippen LogP contribution in [0.1, 0.15) is 12.5 Å². The van der Waals surface area contributed by atoms with Crippen LogP contribution in [0.4, 0.5) is 0 Å².